The van der Waals surface area contributed by atoms with Crippen LogP contribution in [-0.4, -0.2) is 66.4 Å². The highest BCUT2D eigenvalue weighted by Gasteiger charge is 2.28. The van der Waals surface area contributed by atoms with Crippen LogP contribution in [0.25, 0.3) is 0 Å². The van der Waals surface area contributed by atoms with Crippen molar-refractivity contribution in [2.24, 2.45) is 3.77 Å². The van der Waals surface area contributed by atoms with Crippen LogP contribution in [0.3, 0.4) is 0 Å². The molecule has 0 N–H and O–H groups in total. The molecule has 0 aromatic rings. The molecule has 0 radical (unpaired) electrons. The number of piperazine rings is 1. The molecular weight excluding hydrogens is 302 g/mol. The number of allylic oxidation sites excluding steroid dienone is 1. The average molecular weight is 323 g/mol. The van der Waals surface area contributed by atoms with Gasteiger partial charge in [0.15, 0.2) is 0 Å². The van der Waals surface area contributed by atoms with Crippen LogP contribution in [0.2, 0.25) is 0 Å². The van der Waals surface area contributed by atoms with Gasteiger partial charge in [-0.3, -0.25) is 4.79 Å². The molecule has 0 aromatic heterocycles. The van der Waals surface area contributed by atoms with Crippen LogP contribution in [0.15, 0.2) is 16.4 Å². The fourth-order valence-corrected chi connectivity index (χ4v) is 4.64. The molecule has 1 aliphatic heterocycles. The lowest BCUT2D eigenvalue weighted by Crippen LogP contribution is -2.50. The van der Waals surface area contributed by atoms with Crippen molar-refractivity contribution >= 4 is 25.8 Å². The summed E-state index contributed by atoms with van der Waals surface area (Å²) in [6.45, 7) is 4.59. The molecule has 1 rings (SSSR count). The molecular formula is C11H21N3O4S2. The third-order valence-electron chi connectivity index (χ3n) is 2.75. The molecule has 0 spiro atoms. The van der Waals surface area contributed by atoms with Crippen molar-refractivity contribution < 1.29 is 17.4 Å². The van der Waals surface area contributed by atoms with Crippen molar-refractivity contribution in [3.8, 4) is 0 Å². The van der Waals surface area contributed by atoms with Crippen molar-refractivity contribution in [1.82, 2.24) is 9.21 Å². The van der Waals surface area contributed by atoms with Crippen LogP contribution < -0.4 is 0 Å². The summed E-state index contributed by atoms with van der Waals surface area (Å²) in [4.78, 5) is 13.4. The molecule has 116 valence electrons. The summed E-state index contributed by atoms with van der Waals surface area (Å²) in [6.07, 6.45) is 5.23. The highest BCUT2D eigenvalue weighted by Crippen LogP contribution is 2.11. The summed E-state index contributed by atoms with van der Waals surface area (Å²) in [5, 5.41) is 0. The van der Waals surface area contributed by atoms with E-state index < -0.39 is 19.9 Å². The van der Waals surface area contributed by atoms with E-state index in [0.29, 0.717) is 25.9 Å². The predicted octanol–water partition coefficient (Wildman–Crippen LogP) is 0.0692. The van der Waals surface area contributed by atoms with Gasteiger partial charge in [-0.15, -0.1) is 6.58 Å². The van der Waals surface area contributed by atoms with Gasteiger partial charge in [0.2, 0.25) is 5.91 Å². The first kappa shape index (κ1) is 17.1. The number of rotatable bonds is 5. The topological polar surface area (TPSA) is 87.1 Å². The Morgan fingerprint density at radius 3 is 2.20 bits per heavy atom. The van der Waals surface area contributed by atoms with Gasteiger partial charge in [0.1, 0.15) is 0 Å². The fourth-order valence-electron chi connectivity index (χ4n) is 1.83. The summed E-state index contributed by atoms with van der Waals surface area (Å²) < 4.78 is 39.9. The molecule has 0 aromatic carbocycles. The molecule has 0 unspecified atom stereocenters. The number of carbonyl (C=O) groups is 1. The van der Waals surface area contributed by atoms with Crippen LogP contribution in [0.5, 0.6) is 0 Å². The Morgan fingerprint density at radius 1 is 1.20 bits per heavy atom. The SMILES string of the molecule is C=CCCC(=O)N1CCN(S(=O)(=O)N=S(C)(C)=O)CC1. The highest BCUT2D eigenvalue weighted by molar-refractivity contribution is 8.01. The first-order valence-electron chi connectivity index (χ1n) is 6.23. The molecule has 20 heavy (non-hydrogen) atoms. The van der Waals surface area contributed by atoms with Crippen molar-refractivity contribution in [1.29, 1.82) is 0 Å². The van der Waals surface area contributed by atoms with Gasteiger partial charge in [-0.2, -0.15) is 12.7 Å². The van der Waals surface area contributed by atoms with E-state index in [4.69, 9.17) is 0 Å². The smallest absolute Gasteiger partial charge is 0.330 e. The zero-order valence-electron chi connectivity index (χ0n) is 11.8. The zero-order valence-corrected chi connectivity index (χ0v) is 13.5. The summed E-state index contributed by atoms with van der Waals surface area (Å²) in [5.74, 6) is -0.00586. The number of amides is 1. The lowest BCUT2D eigenvalue weighted by molar-refractivity contribution is -0.132. The Kier molecular flexibility index (Phi) is 5.72. The van der Waals surface area contributed by atoms with Gasteiger partial charge in [0.25, 0.3) is 0 Å². The molecule has 1 fully saturated rings. The molecule has 1 aliphatic rings. The maximum absolute atomic E-state index is 11.9. The second-order valence-corrected chi connectivity index (χ2v) is 9.21. The van der Waals surface area contributed by atoms with E-state index in [1.165, 1.54) is 12.5 Å². The third-order valence-corrected chi connectivity index (χ3v) is 5.96. The Hall–Kier alpha value is -0.930. The molecule has 9 heteroatoms. The van der Waals surface area contributed by atoms with Crippen LogP contribution in [-0.2, 0) is 24.7 Å². The second-order valence-electron chi connectivity index (χ2n) is 4.84. The fraction of sp³-hybridized carbons (Fsp3) is 0.727. The summed E-state index contributed by atoms with van der Waals surface area (Å²) >= 11 is 0. The minimum absolute atomic E-state index is 0.00586. The molecule has 1 saturated heterocycles. The maximum atomic E-state index is 11.9. The van der Waals surface area contributed by atoms with Crippen molar-refractivity contribution in [2.75, 3.05) is 38.7 Å². The Bertz CT molecular complexity index is 575. The van der Waals surface area contributed by atoms with Crippen LogP contribution in [0.1, 0.15) is 12.8 Å². The molecule has 7 nitrogen and oxygen atoms in total. The molecule has 0 aliphatic carbocycles. The molecule has 1 heterocycles. The highest BCUT2D eigenvalue weighted by atomic mass is 32.3. The zero-order chi connectivity index (χ0) is 15.4. The first-order valence-corrected chi connectivity index (χ1v) is 9.96. The van der Waals surface area contributed by atoms with E-state index in [-0.39, 0.29) is 19.0 Å². The van der Waals surface area contributed by atoms with Gasteiger partial charge in [-0.05, 0) is 6.42 Å². The number of hydrogen-bond acceptors (Lipinski definition) is 4. The summed E-state index contributed by atoms with van der Waals surface area (Å²) in [5.41, 5.74) is 0. The van der Waals surface area contributed by atoms with E-state index in [2.05, 4.69) is 10.3 Å². The molecule has 1 amide bonds. The second kappa shape index (κ2) is 6.68. The van der Waals surface area contributed by atoms with E-state index in [9.17, 15) is 17.4 Å². The Morgan fingerprint density at radius 2 is 1.75 bits per heavy atom. The third kappa shape index (κ3) is 5.22. The average Bonchev–Trinajstić information content (AvgIpc) is 2.33. The minimum Gasteiger partial charge on any atom is -0.340 e. The molecule has 0 saturated carbocycles. The predicted molar refractivity (Wildman–Crippen MR) is 78.9 cm³/mol. The Labute approximate surface area is 121 Å². The number of nitrogens with zero attached hydrogens (tertiary/aromatic N) is 3. The van der Waals surface area contributed by atoms with Gasteiger partial charge >= 0.3 is 10.2 Å². The number of carbonyl (C=O) groups excluding carboxylic acids is 1. The monoisotopic (exact) mass is 323 g/mol. The normalized spacial score (nSPS) is 17.8. The maximum Gasteiger partial charge on any atom is 0.330 e. The number of hydrogen-bond donors (Lipinski definition) is 0. The van der Waals surface area contributed by atoms with Crippen molar-refractivity contribution in [3.63, 3.8) is 0 Å². The van der Waals surface area contributed by atoms with Gasteiger partial charge < -0.3 is 4.90 Å². The van der Waals surface area contributed by atoms with Crippen LogP contribution >= 0.6 is 0 Å². The van der Waals surface area contributed by atoms with E-state index in [1.54, 1.807) is 11.0 Å². The van der Waals surface area contributed by atoms with Gasteiger partial charge in [0.05, 0.1) is 9.73 Å². The lowest BCUT2D eigenvalue weighted by Gasteiger charge is -2.32. The van der Waals surface area contributed by atoms with Gasteiger partial charge in [-0.25, -0.2) is 4.21 Å². The summed E-state index contributed by atoms with van der Waals surface area (Å²) in [7, 11) is -6.60. The largest absolute Gasteiger partial charge is 0.340 e. The minimum atomic E-state index is -3.88. The van der Waals surface area contributed by atoms with Crippen LogP contribution in [0.4, 0.5) is 0 Å². The standard InChI is InChI=1S/C11H21N3O4S2/c1-4-5-6-11(15)13-7-9-14(10-8-13)20(17,18)12-19(2,3)16/h4H,1,5-10H2,2-3H3. The van der Waals surface area contributed by atoms with Gasteiger partial charge in [-0.1, -0.05) is 9.84 Å². The summed E-state index contributed by atoms with van der Waals surface area (Å²) in [6, 6.07) is 0. The molecule has 0 bridgehead atoms. The van der Waals surface area contributed by atoms with Gasteiger partial charge in [0, 0.05) is 45.1 Å². The van der Waals surface area contributed by atoms with Crippen molar-refractivity contribution in [2.45, 2.75) is 12.8 Å². The van der Waals surface area contributed by atoms with Crippen molar-refractivity contribution in [3.05, 3.63) is 12.7 Å². The van der Waals surface area contributed by atoms with E-state index in [1.807, 2.05) is 0 Å². The van der Waals surface area contributed by atoms with E-state index >= 15 is 0 Å². The van der Waals surface area contributed by atoms with E-state index in [0.717, 1.165) is 4.31 Å². The Balaban J connectivity index is 2.65. The quantitative estimate of drug-likeness (QED) is 0.670. The first-order chi connectivity index (χ1) is 9.15. The molecule has 0 atom stereocenters. The van der Waals surface area contributed by atoms with Crippen LogP contribution in [0, 0.1) is 0 Å². The lowest BCUT2D eigenvalue weighted by atomic mass is 10.2.